The van der Waals surface area contributed by atoms with Crippen LogP contribution in [0, 0.1) is 0 Å². The van der Waals surface area contributed by atoms with Gasteiger partial charge in [0.25, 0.3) is 0 Å². The lowest BCUT2D eigenvalue weighted by molar-refractivity contribution is -0.172. The van der Waals surface area contributed by atoms with Crippen molar-refractivity contribution in [1.82, 2.24) is 4.90 Å². The van der Waals surface area contributed by atoms with Crippen molar-refractivity contribution in [3.8, 4) is 0 Å². The van der Waals surface area contributed by atoms with Crippen LogP contribution in [0.2, 0.25) is 0 Å². The second-order valence-corrected chi connectivity index (χ2v) is 8.79. The number of likely N-dealkylation sites (N-methyl/N-ethyl adjacent to an activating group) is 1. The van der Waals surface area contributed by atoms with Crippen molar-refractivity contribution < 1.29 is 19.4 Å². The summed E-state index contributed by atoms with van der Waals surface area (Å²) in [6.07, 6.45) is 1.97. The van der Waals surface area contributed by atoms with Gasteiger partial charge >= 0.3 is 5.97 Å². The minimum atomic E-state index is -1.73. The Labute approximate surface area is 153 Å². The van der Waals surface area contributed by atoms with E-state index in [1.54, 1.807) is 12.1 Å². The van der Waals surface area contributed by atoms with Crippen LogP contribution < -0.4 is 0 Å². The molecule has 0 amide bonds. The molecular formula is C18H19NO4S2. The Bertz CT molecular complexity index is 723. The molecule has 1 N–H and O–H groups in total. The topological polar surface area (TPSA) is 62.3 Å². The van der Waals surface area contributed by atoms with E-state index in [4.69, 9.17) is 9.47 Å². The van der Waals surface area contributed by atoms with Crippen LogP contribution in [0.15, 0.2) is 34.3 Å². The Morgan fingerprint density at radius 1 is 1.32 bits per heavy atom. The summed E-state index contributed by atoms with van der Waals surface area (Å²) >= 11 is 2.82. The molecule has 6 atom stereocenters. The summed E-state index contributed by atoms with van der Waals surface area (Å²) in [6, 6.07) is 6.04. The van der Waals surface area contributed by atoms with E-state index < -0.39 is 11.6 Å². The van der Waals surface area contributed by atoms with E-state index in [1.807, 2.05) is 22.2 Å². The summed E-state index contributed by atoms with van der Waals surface area (Å²) in [5.74, 6) is -0.572. The number of rotatable bonds is 4. The van der Waals surface area contributed by atoms with Crippen molar-refractivity contribution in [3.63, 3.8) is 0 Å². The molecule has 0 spiro atoms. The van der Waals surface area contributed by atoms with E-state index in [0.717, 1.165) is 12.8 Å². The molecule has 7 heteroatoms. The molecule has 2 aromatic rings. The van der Waals surface area contributed by atoms with Gasteiger partial charge < -0.3 is 14.6 Å². The van der Waals surface area contributed by atoms with E-state index in [2.05, 4.69) is 11.9 Å². The van der Waals surface area contributed by atoms with Crippen LogP contribution >= 0.6 is 22.7 Å². The number of thiophene rings is 2. The van der Waals surface area contributed by atoms with Gasteiger partial charge in [0.2, 0.25) is 5.60 Å². The molecule has 3 aliphatic heterocycles. The predicted molar refractivity (Wildman–Crippen MR) is 94.8 cm³/mol. The molecule has 25 heavy (non-hydrogen) atoms. The summed E-state index contributed by atoms with van der Waals surface area (Å²) in [6.45, 7) is 0. The molecular weight excluding hydrogens is 358 g/mol. The number of epoxide rings is 1. The fraction of sp³-hybridized carbons (Fsp3) is 0.500. The van der Waals surface area contributed by atoms with Crippen LogP contribution in [-0.2, 0) is 19.9 Å². The first-order valence-corrected chi connectivity index (χ1v) is 10.3. The van der Waals surface area contributed by atoms with Crippen LogP contribution in [0.3, 0.4) is 0 Å². The molecule has 2 bridgehead atoms. The number of esters is 1. The van der Waals surface area contributed by atoms with Gasteiger partial charge in [-0.3, -0.25) is 4.90 Å². The van der Waals surface area contributed by atoms with E-state index in [1.165, 1.54) is 22.7 Å². The van der Waals surface area contributed by atoms with Crippen molar-refractivity contribution in [2.45, 2.75) is 48.8 Å². The molecule has 3 aliphatic rings. The number of carbonyl (C=O) groups excluding carboxylic acids is 1. The second-order valence-electron chi connectivity index (χ2n) is 7.06. The zero-order valence-corrected chi connectivity index (χ0v) is 15.3. The first-order valence-electron chi connectivity index (χ1n) is 8.46. The van der Waals surface area contributed by atoms with E-state index in [-0.39, 0.29) is 6.10 Å². The number of hydrogen-bond acceptors (Lipinski definition) is 7. The molecule has 2 unspecified atom stereocenters. The number of nitrogens with zero attached hydrogens (tertiary/aromatic N) is 1. The van der Waals surface area contributed by atoms with Crippen LogP contribution in [0.1, 0.15) is 23.3 Å². The maximum Gasteiger partial charge on any atom is 0.348 e. The van der Waals surface area contributed by atoms with Gasteiger partial charge in [0.15, 0.2) is 0 Å². The van der Waals surface area contributed by atoms with Gasteiger partial charge in [0, 0.05) is 30.5 Å². The number of morpholine rings is 1. The standard InChI is InChI=1S/C18H19NO4S2/c1-19-12-7-11(8-13(19)16-15(12)23-16)22-17(20)18(21,10-4-6-24-9-10)14-3-2-5-25-14/h2-6,9,11-13,15-16,21H,7-8H2,1H3/t11?,12-,13+,15+,16-,18?. The van der Waals surface area contributed by atoms with Gasteiger partial charge in [-0.25, -0.2) is 4.79 Å². The lowest BCUT2D eigenvalue weighted by atomic mass is 9.94. The highest BCUT2D eigenvalue weighted by Gasteiger charge is 2.63. The van der Waals surface area contributed by atoms with E-state index in [9.17, 15) is 9.90 Å². The first kappa shape index (κ1) is 16.0. The summed E-state index contributed by atoms with van der Waals surface area (Å²) in [5.41, 5.74) is -1.15. The normalized spacial score (nSPS) is 35.8. The summed E-state index contributed by atoms with van der Waals surface area (Å²) in [7, 11) is 2.12. The average molecular weight is 377 g/mol. The smallest absolute Gasteiger partial charge is 0.348 e. The zero-order chi connectivity index (χ0) is 17.2. The second kappa shape index (κ2) is 5.62. The first-order chi connectivity index (χ1) is 12.1. The minimum Gasteiger partial charge on any atom is -0.460 e. The van der Waals surface area contributed by atoms with Gasteiger partial charge in [-0.2, -0.15) is 11.3 Å². The van der Waals surface area contributed by atoms with Crippen molar-refractivity contribution in [2.75, 3.05) is 7.05 Å². The van der Waals surface area contributed by atoms with E-state index >= 15 is 0 Å². The summed E-state index contributed by atoms with van der Waals surface area (Å²) in [4.78, 5) is 16.0. The van der Waals surface area contributed by atoms with Gasteiger partial charge in [0.1, 0.15) is 18.3 Å². The Morgan fingerprint density at radius 3 is 2.68 bits per heavy atom. The molecule has 0 aliphatic carbocycles. The Balaban J connectivity index is 1.39. The monoisotopic (exact) mass is 377 g/mol. The van der Waals surface area contributed by atoms with Gasteiger partial charge in [-0.1, -0.05) is 6.07 Å². The number of ether oxygens (including phenoxy) is 2. The molecule has 0 radical (unpaired) electrons. The lowest BCUT2D eigenvalue weighted by Crippen LogP contribution is -2.49. The Kier molecular flexibility index (Phi) is 3.59. The molecule has 5 heterocycles. The average Bonchev–Trinajstić information content (AvgIpc) is 2.97. The van der Waals surface area contributed by atoms with Crippen molar-refractivity contribution >= 4 is 28.6 Å². The fourth-order valence-corrected chi connectivity index (χ4v) is 5.88. The number of hydrogen-bond donors (Lipinski definition) is 1. The third-order valence-electron chi connectivity index (χ3n) is 5.76. The van der Waals surface area contributed by atoms with Crippen molar-refractivity contribution in [1.29, 1.82) is 0 Å². The van der Waals surface area contributed by atoms with Gasteiger partial charge in [-0.05, 0) is 35.3 Å². The SMILES string of the molecule is CN1[C@@H]2CC(OC(=O)C(O)(c3ccsc3)c3cccs3)C[C@H]1[C@H]1O[C@H]12. The molecule has 0 saturated carbocycles. The molecule has 132 valence electrons. The Hall–Kier alpha value is -1.25. The molecule has 3 fully saturated rings. The number of aliphatic hydroxyl groups is 1. The predicted octanol–water partition coefficient (Wildman–Crippen LogP) is 2.20. The van der Waals surface area contributed by atoms with Gasteiger partial charge in [-0.15, -0.1) is 11.3 Å². The molecule has 5 nitrogen and oxygen atoms in total. The largest absolute Gasteiger partial charge is 0.460 e. The maximum absolute atomic E-state index is 13.0. The number of piperidine rings is 1. The highest BCUT2D eigenvalue weighted by molar-refractivity contribution is 7.10. The highest BCUT2D eigenvalue weighted by atomic mass is 32.1. The van der Waals surface area contributed by atoms with E-state index in [0.29, 0.717) is 34.7 Å². The Morgan fingerprint density at radius 2 is 2.08 bits per heavy atom. The van der Waals surface area contributed by atoms with Crippen LogP contribution in [-0.4, -0.2) is 53.4 Å². The summed E-state index contributed by atoms with van der Waals surface area (Å²) in [5, 5.41) is 16.8. The molecule has 3 saturated heterocycles. The minimum absolute atomic E-state index is 0.166. The molecule has 0 aromatic carbocycles. The van der Waals surface area contributed by atoms with Crippen LogP contribution in [0.5, 0.6) is 0 Å². The fourth-order valence-electron chi connectivity index (χ4n) is 4.35. The van der Waals surface area contributed by atoms with Crippen molar-refractivity contribution in [2.24, 2.45) is 0 Å². The molecule has 2 aromatic heterocycles. The summed E-state index contributed by atoms with van der Waals surface area (Å²) < 4.78 is 11.5. The zero-order valence-electron chi connectivity index (χ0n) is 13.7. The van der Waals surface area contributed by atoms with Gasteiger partial charge in [0.05, 0.1) is 4.88 Å². The molecule has 5 rings (SSSR count). The number of carbonyl (C=O) groups is 1. The van der Waals surface area contributed by atoms with Crippen molar-refractivity contribution in [3.05, 3.63) is 44.8 Å². The van der Waals surface area contributed by atoms with Crippen LogP contribution in [0.25, 0.3) is 0 Å². The third kappa shape index (κ3) is 2.34. The lowest BCUT2D eigenvalue weighted by Gasteiger charge is -2.38. The quantitative estimate of drug-likeness (QED) is 0.654. The maximum atomic E-state index is 13.0. The number of fused-ring (bicyclic) bond motifs is 5. The van der Waals surface area contributed by atoms with Crippen LogP contribution in [0.4, 0.5) is 0 Å². The highest BCUT2D eigenvalue weighted by Crippen LogP contribution is 2.48. The third-order valence-corrected chi connectivity index (χ3v) is 7.42.